The first-order valence-electron chi connectivity index (χ1n) is 8.24. The number of hydrogen-bond acceptors (Lipinski definition) is 2. The fraction of sp³-hybridized carbons (Fsp3) is 0.667. The van der Waals surface area contributed by atoms with E-state index in [-0.39, 0.29) is 24.8 Å². The normalized spacial score (nSPS) is 16.5. The van der Waals surface area contributed by atoms with Gasteiger partial charge in [0.1, 0.15) is 0 Å². The maximum absolute atomic E-state index is 3.47. The van der Waals surface area contributed by atoms with Crippen molar-refractivity contribution in [3.8, 4) is 0 Å². The summed E-state index contributed by atoms with van der Waals surface area (Å²) in [4.78, 5) is 2.69. The summed E-state index contributed by atoms with van der Waals surface area (Å²) in [6, 6.07) is 7.55. The summed E-state index contributed by atoms with van der Waals surface area (Å²) in [7, 11) is 0. The van der Waals surface area contributed by atoms with Crippen molar-refractivity contribution in [2.75, 3.05) is 26.2 Å². The average molecular weight is 347 g/mol. The van der Waals surface area contributed by atoms with Gasteiger partial charge in [-0.2, -0.15) is 0 Å². The van der Waals surface area contributed by atoms with Crippen molar-refractivity contribution in [2.24, 2.45) is 0 Å². The number of halogens is 2. The molecule has 1 atom stereocenters. The van der Waals surface area contributed by atoms with Crippen molar-refractivity contribution in [1.82, 2.24) is 10.2 Å². The minimum absolute atomic E-state index is 0. The maximum Gasteiger partial charge on any atom is 0.0351 e. The van der Waals surface area contributed by atoms with Crippen molar-refractivity contribution in [3.05, 3.63) is 34.9 Å². The lowest BCUT2D eigenvalue weighted by atomic mass is 9.93. The van der Waals surface area contributed by atoms with Gasteiger partial charge in [0.2, 0.25) is 0 Å². The predicted octanol–water partition coefficient (Wildman–Crippen LogP) is 4.67. The number of aryl methyl sites for hydroxylation is 2. The van der Waals surface area contributed by atoms with Gasteiger partial charge in [-0.1, -0.05) is 49.9 Å². The van der Waals surface area contributed by atoms with Crippen LogP contribution in [0.25, 0.3) is 0 Å². The molecule has 128 valence electrons. The zero-order chi connectivity index (χ0) is 14.4. The molecule has 1 saturated heterocycles. The van der Waals surface area contributed by atoms with E-state index in [0.717, 1.165) is 13.1 Å². The smallest absolute Gasteiger partial charge is 0.0351 e. The second-order valence-corrected chi connectivity index (χ2v) is 6.16. The van der Waals surface area contributed by atoms with Gasteiger partial charge in [0.05, 0.1) is 0 Å². The van der Waals surface area contributed by atoms with Crippen LogP contribution >= 0.6 is 24.8 Å². The lowest BCUT2D eigenvalue weighted by Gasteiger charge is -2.36. The highest BCUT2D eigenvalue weighted by molar-refractivity contribution is 5.85. The molecule has 22 heavy (non-hydrogen) atoms. The SMILES string of the molecule is CCCCC[C@@H](c1cc(C)ccc1C)N1CCNCC1.Cl.Cl. The number of benzene rings is 1. The molecule has 0 spiro atoms. The summed E-state index contributed by atoms with van der Waals surface area (Å²) in [6.07, 6.45) is 5.31. The number of nitrogens with one attached hydrogen (secondary N) is 1. The Morgan fingerprint density at radius 2 is 1.77 bits per heavy atom. The van der Waals surface area contributed by atoms with E-state index >= 15 is 0 Å². The van der Waals surface area contributed by atoms with Crippen LogP contribution in [0.3, 0.4) is 0 Å². The molecule has 1 aliphatic heterocycles. The van der Waals surface area contributed by atoms with Crippen molar-refractivity contribution < 1.29 is 0 Å². The Morgan fingerprint density at radius 3 is 2.41 bits per heavy atom. The third-order valence-corrected chi connectivity index (χ3v) is 4.47. The Bertz CT molecular complexity index is 418. The monoisotopic (exact) mass is 346 g/mol. The van der Waals surface area contributed by atoms with Gasteiger partial charge in [-0.25, -0.2) is 0 Å². The van der Waals surface area contributed by atoms with Gasteiger partial charge in [-0.15, -0.1) is 24.8 Å². The molecular weight excluding hydrogens is 315 g/mol. The molecule has 2 nitrogen and oxygen atoms in total. The molecule has 1 fully saturated rings. The molecule has 0 unspecified atom stereocenters. The fourth-order valence-electron chi connectivity index (χ4n) is 3.24. The molecule has 0 radical (unpaired) electrons. The third kappa shape index (κ3) is 6.08. The van der Waals surface area contributed by atoms with Gasteiger partial charge in [0.15, 0.2) is 0 Å². The van der Waals surface area contributed by atoms with Crippen LogP contribution in [0, 0.1) is 13.8 Å². The lowest BCUT2D eigenvalue weighted by molar-refractivity contribution is 0.162. The lowest BCUT2D eigenvalue weighted by Crippen LogP contribution is -2.45. The number of nitrogens with zero attached hydrogens (tertiary/aromatic N) is 1. The minimum Gasteiger partial charge on any atom is -0.314 e. The summed E-state index contributed by atoms with van der Waals surface area (Å²) in [5, 5.41) is 3.47. The second-order valence-electron chi connectivity index (χ2n) is 6.16. The van der Waals surface area contributed by atoms with E-state index in [1.807, 2.05) is 0 Å². The van der Waals surface area contributed by atoms with Gasteiger partial charge >= 0.3 is 0 Å². The van der Waals surface area contributed by atoms with Crippen LogP contribution in [0.1, 0.15) is 55.3 Å². The second kappa shape index (κ2) is 11.3. The summed E-state index contributed by atoms with van der Waals surface area (Å²) in [5.41, 5.74) is 4.40. The molecule has 0 amide bonds. The Kier molecular flexibility index (Phi) is 11.1. The molecule has 1 aliphatic rings. The number of rotatable bonds is 6. The van der Waals surface area contributed by atoms with E-state index in [4.69, 9.17) is 0 Å². The molecular formula is C18H32Cl2N2. The molecule has 1 heterocycles. The van der Waals surface area contributed by atoms with Crippen LogP contribution in [-0.2, 0) is 0 Å². The Hall–Kier alpha value is -0.280. The van der Waals surface area contributed by atoms with Crippen LogP contribution in [0.4, 0.5) is 0 Å². The van der Waals surface area contributed by atoms with E-state index in [2.05, 4.69) is 49.2 Å². The van der Waals surface area contributed by atoms with Crippen LogP contribution in [-0.4, -0.2) is 31.1 Å². The number of unbranched alkanes of at least 4 members (excludes halogenated alkanes) is 2. The van der Waals surface area contributed by atoms with Gasteiger partial charge in [0.25, 0.3) is 0 Å². The van der Waals surface area contributed by atoms with Gasteiger partial charge in [-0.05, 0) is 31.4 Å². The zero-order valence-corrected chi connectivity index (χ0v) is 15.9. The molecule has 4 heteroatoms. The molecule has 0 aromatic heterocycles. The Balaban J connectivity index is 0.00000220. The quantitative estimate of drug-likeness (QED) is 0.752. The molecule has 0 bridgehead atoms. The highest BCUT2D eigenvalue weighted by Gasteiger charge is 2.23. The molecule has 1 N–H and O–H groups in total. The van der Waals surface area contributed by atoms with Gasteiger partial charge in [0, 0.05) is 32.2 Å². The van der Waals surface area contributed by atoms with E-state index in [1.165, 1.54) is 49.9 Å². The van der Waals surface area contributed by atoms with Crippen molar-refractivity contribution in [1.29, 1.82) is 0 Å². The Labute approximate surface area is 148 Å². The topological polar surface area (TPSA) is 15.3 Å². The average Bonchev–Trinajstić information content (AvgIpc) is 2.48. The predicted molar refractivity (Wildman–Crippen MR) is 102 cm³/mol. The summed E-state index contributed by atoms with van der Waals surface area (Å²) in [6.45, 7) is 11.4. The standard InChI is InChI=1S/C18H30N2.2ClH/c1-4-5-6-7-18(20-12-10-19-11-13-20)17-14-15(2)8-9-16(17)3;;/h8-9,14,18-19H,4-7,10-13H2,1-3H3;2*1H/t18-;;/m0../s1. The van der Waals surface area contributed by atoms with Gasteiger partial charge < -0.3 is 5.32 Å². The van der Waals surface area contributed by atoms with Crippen molar-refractivity contribution in [2.45, 2.75) is 52.5 Å². The highest BCUT2D eigenvalue weighted by Crippen LogP contribution is 2.30. The van der Waals surface area contributed by atoms with E-state index in [1.54, 1.807) is 5.56 Å². The molecule has 1 aromatic carbocycles. The molecule has 2 rings (SSSR count). The first-order chi connectivity index (χ1) is 9.72. The minimum atomic E-state index is 0. The summed E-state index contributed by atoms with van der Waals surface area (Å²) < 4.78 is 0. The van der Waals surface area contributed by atoms with Crippen LogP contribution in [0.2, 0.25) is 0 Å². The van der Waals surface area contributed by atoms with Crippen molar-refractivity contribution >= 4 is 24.8 Å². The molecule has 0 saturated carbocycles. The van der Waals surface area contributed by atoms with Crippen molar-refractivity contribution in [3.63, 3.8) is 0 Å². The maximum atomic E-state index is 3.47. The number of piperazine rings is 1. The van der Waals surface area contributed by atoms with E-state index in [9.17, 15) is 0 Å². The largest absolute Gasteiger partial charge is 0.314 e. The van der Waals surface area contributed by atoms with Gasteiger partial charge in [-0.3, -0.25) is 4.90 Å². The summed E-state index contributed by atoms with van der Waals surface area (Å²) >= 11 is 0. The highest BCUT2D eigenvalue weighted by atomic mass is 35.5. The van der Waals surface area contributed by atoms with Crippen LogP contribution in [0.15, 0.2) is 18.2 Å². The molecule has 1 aromatic rings. The fourth-order valence-corrected chi connectivity index (χ4v) is 3.24. The van der Waals surface area contributed by atoms with E-state index in [0.29, 0.717) is 6.04 Å². The van der Waals surface area contributed by atoms with Crippen LogP contribution in [0.5, 0.6) is 0 Å². The van der Waals surface area contributed by atoms with E-state index < -0.39 is 0 Å². The first-order valence-corrected chi connectivity index (χ1v) is 8.24. The zero-order valence-electron chi connectivity index (χ0n) is 14.2. The molecule has 0 aliphatic carbocycles. The van der Waals surface area contributed by atoms with Crippen LogP contribution < -0.4 is 5.32 Å². The third-order valence-electron chi connectivity index (χ3n) is 4.47. The Morgan fingerprint density at radius 1 is 1.09 bits per heavy atom. The summed E-state index contributed by atoms with van der Waals surface area (Å²) in [5.74, 6) is 0. The first kappa shape index (κ1) is 21.7. The number of hydrogen-bond donors (Lipinski definition) is 1.